The molecule has 0 saturated carbocycles. The predicted molar refractivity (Wildman–Crippen MR) is 94.6 cm³/mol. The van der Waals surface area contributed by atoms with Gasteiger partial charge in [0, 0.05) is 13.1 Å². The van der Waals surface area contributed by atoms with E-state index in [0.29, 0.717) is 48.9 Å². The van der Waals surface area contributed by atoms with Crippen molar-refractivity contribution in [1.29, 1.82) is 0 Å². The number of carbonyl (C=O) groups excluding carboxylic acids is 2. The fourth-order valence-electron chi connectivity index (χ4n) is 2.97. The van der Waals surface area contributed by atoms with E-state index >= 15 is 0 Å². The Balaban J connectivity index is 1.68. The minimum absolute atomic E-state index is 0.0214. The topological polar surface area (TPSA) is 72.6 Å². The minimum atomic E-state index is -0.154. The van der Waals surface area contributed by atoms with Crippen LogP contribution in [0.5, 0.6) is 0 Å². The molecule has 0 unspecified atom stereocenters. The van der Waals surface area contributed by atoms with Gasteiger partial charge in [-0.2, -0.15) is 0 Å². The minimum Gasteiger partial charge on any atom is -0.466 e. The quantitative estimate of drug-likeness (QED) is 0.779. The number of ether oxygens (including phenoxy) is 1. The molecule has 1 aliphatic heterocycles. The summed E-state index contributed by atoms with van der Waals surface area (Å²) in [7, 11) is 0. The zero-order chi connectivity index (χ0) is 18.0. The Morgan fingerprint density at radius 3 is 2.64 bits per heavy atom. The molecule has 1 aliphatic rings. The number of hydrogen-bond acceptors (Lipinski definition) is 6. The van der Waals surface area contributed by atoms with Gasteiger partial charge in [0.1, 0.15) is 10.6 Å². The summed E-state index contributed by atoms with van der Waals surface area (Å²) in [5.41, 5.74) is 0.714. The molecule has 0 aliphatic carbocycles. The van der Waals surface area contributed by atoms with Gasteiger partial charge in [-0.3, -0.25) is 9.59 Å². The molecule has 0 radical (unpaired) electrons. The van der Waals surface area contributed by atoms with Crippen molar-refractivity contribution in [1.82, 2.24) is 9.88 Å². The van der Waals surface area contributed by atoms with Crippen LogP contribution in [0.2, 0.25) is 0 Å². The van der Waals surface area contributed by atoms with Crippen LogP contribution in [0.1, 0.15) is 40.9 Å². The van der Waals surface area contributed by atoms with Crippen molar-refractivity contribution in [2.24, 2.45) is 5.92 Å². The number of rotatable bonds is 4. The van der Waals surface area contributed by atoms with Gasteiger partial charge in [-0.1, -0.05) is 0 Å². The zero-order valence-electron chi connectivity index (χ0n) is 14.7. The number of amides is 1. The normalized spacial score (nSPS) is 15.4. The maximum Gasteiger partial charge on any atom is 0.309 e. The molecule has 0 bridgehead atoms. The Morgan fingerprint density at radius 1 is 1.32 bits per heavy atom. The number of furan rings is 1. The number of piperidine rings is 1. The number of aryl methyl sites for hydroxylation is 2. The molecule has 0 atom stereocenters. The standard InChI is InChI=1S/C18H22N2O4S/c1-4-23-18(22)13-7-9-20(10-8-13)17(21)15-12(3)19-16(25-15)14-6-5-11(2)24-14/h5-6,13H,4,7-10H2,1-3H3. The van der Waals surface area contributed by atoms with Crippen LogP contribution in [0.3, 0.4) is 0 Å². The highest BCUT2D eigenvalue weighted by Crippen LogP contribution is 2.31. The first kappa shape index (κ1) is 17.7. The molecular formula is C18H22N2O4S. The van der Waals surface area contributed by atoms with Crippen molar-refractivity contribution >= 4 is 23.2 Å². The summed E-state index contributed by atoms with van der Waals surface area (Å²) in [6.45, 7) is 7.05. The van der Waals surface area contributed by atoms with Crippen LogP contribution in [0, 0.1) is 19.8 Å². The average molecular weight is 362 g/mol. The third-order valence-corrected chi connectivity index (χ3v) is 5.50. The number of esters is 1. The second-order valence-corrected chi connectivity index (χ2v) is 7.16. The highest BCUT2D eigenvalue weighted by Gasteiger charge is 2.30. The molecule has 134 valence electrons. The first-order chi connectivity index (χ1) is 12.0. The highest BCUT2D eigenvalue weighted by molar-refractivity contribution is 7.17. The van der Waals surface area contributed by atoms with Crippen LogP contribution in [0.4, 0.5) is 0 Å². The van der Waals surface area contributed by atoms with Gasteiger partial charge < -0.3 is 14.1 Å². The van der Waals surface area contributed by atoms with Gasteiger partial charge >= 0.3 is 5.97 Å². The van der Waals surface area contributed by atoms with Crippen LogP contribution >= 0.6 is 11.3 Å². The van der Waals surface area contributed by atoms with Gasteiger partial charge in [-0.15, -0.1) is 11.3 Å². The van der Waals surface area contributed by atoms with Crippen molar-refractivity contribution in [2.45, 2.75) is 33.6 Å². The van der Waals surface area contributed by atoms with Gasteiger partial charge in [0.15, 0.2) is 10.8 Å². The summed E-state index contributed by atoms with van der Waals surface area (Å²) in [5.74, 6) is 1.22. The van der Waals surface area contributed by atoms with E-state index in [9.17, 15) is 9.59 Å². The lowest BCUT2D eigenvalue weighted by atomic mass is 9.97. The third kappa shape index (κ3) is 3.76. The van der Waals surface area contributed by atoms with E-state index in [1.165, 1.54) is 11.3 Å². The van der Waals surface area contributed by atoms with Gasteiger partial charge in [0.25, 0.3) is 5.91 Å². The fraction of sp³-hybridized carbons (Fsp3) is 0.500. The number of hydrogen-bond donors (Lipinski definition) is 0. The molecular weight excluding hydrogens is 340 g/mol. The molecule has 0 spiro atoms. The van der Waals surface area contributed by atoms with Gasteiger partial charge in [-0.25, -0.2) is 4.98 Å². The molecule has 3 heterocycles. The molecule has 3 rings (SSSR count). The molecule has 25 heavy (non-hydrogen) atoms. The molecule has 2 aromatic heterocycles. The molecule has 0 N–H and O–H groups in total. The number of thiazole rings is 1. The van der Waals surface area contributed by atoms with Crippen LogP contribution in [0.15, 0.2) is 16.5 Å². The van der Waals surface area contributed by atoms with Crippen LogP contribution in [0.25, 0.3) is 10.8 Å². The molecule has 0 aromatic carbocycles. The highest BCUT2D eigenvalue weighted by atomic mass is 32.1. The number of nitrogens with zero attached hydrogens (tertiary/aromatic N) is 2. The van der Waals surface area contributed by atoms with Crippen LogP contribution < -0.4 is 0 Å². The SMILES string of the molecule is CCOC(=O)C1CCN(C(=O)c2sc(-c3ccc(C)o3)nc2C)CC1. The van der Waals surface area contributed by atoms with E-state index < -0.39 is 0 Å². The van der Waals surface area contributed by atoms with Crippen molar-refractivity contribution in [2.75, 3.05) is 19.7 Å². The molecule has 1 fully saturated rings. The van der Waals surface area contributed by atoms with E-state index in [2.05, 4.69) is 4.98 Å². The first-order valence-electron chi connectivity index (χ1n) is 8.49. The van der Waals surface area contributed by atoms with E-state index in [0.717, 1.165) is 10.8 Å². The van der Waals surface area contributed by atoms with Gasteiger partial charge in [0.2, 0.25) is 0 Å². The Labute approximate surface area is 150 Å². The fourth-order valence-corrected chi connectivity index (χ4v) is 3.97. The Hall–Kier alpha value is -2.15. The smallest absolute Gasteiger partial charge is 0.309 e. The molecule has 2 aromatic rings. The van der Waals surface area contributed by atoms with E-state index in [1.807, 2.05) is 26.0 Å². The molecule has 7 heteroatoms. The Bertz CT molecular complexity index is 772. The van der Waals surface area contributed by atoms with Gasteiger partial charge in [-0.05, 0) is 45.7 Å². The summed E-state index contributed by atoms with van der Waals surface area (Å²) < 4.78 is 10.7. The zero-order valence-corrected chi connectivity index (χ0v) is 15.5. The monoisotopic (exact) mass is 362 g/mol. The lowest BCUT2D eigenvalue weighted by molar-refractivity contribution is -0.149. The van der Waals surface area contributed by atoms with E-state index in [1.54, 1.807) is 11.8 Å². The maximum absolute atomic E-state index is 12.8. The number of aromatic nitrogens is 1. The maximum atomic E-state index is 12.8. The first-order valence-corrected chi connectivity index (χ1v) is 9.31. The second-order valence-electron chi connectivity index (χ2n) is 6.16. The van der Waals surface area contributed by atoms with E-state index in [-0.39, 0.29) is 17.8 Å². The van der Waals surface area contributed by atoms with Crippen LogP contribution in [-0.2, 0) is 9.53 Å². The van der Waals surface area contributed by atoms with Crippen molar-refractivity contribution < 1.29 is 18.7 Å². The summed E-state index contributed by atoms with van der Waals surface area (Å²) in [5, 5.41) is 0.718. The second kappa shape index (κ2) is 7.39. The molecule has 6 nitrogen and oxygen atoms in total. The van der Waals surface area contributed by atoms with E-state index in [4.69, 9.17) is 9.15 Å². The summed E-state index contributed by atoms with van der Waals surface area (Å²) in [6, 6.07) is 3.75. The summed E-state index contributed by atoms with van der Waals surface area (Å²) >= 11 is 1.36. The average Bonchev–Trinajstić information content (AvgIpc) is 3.20. The van der Waals surface area contributed by atoms with Gasteiger partial charge in [0.05, 0.1) is 18.2 Å². The summed E-state index contributed by atoms with van der Waals surface area (Å²) in [4.78, 5) is 31.6. The Kier molecular flexibility index (Phi) is 5.22. The Morgan fingerprint density at radius 2 is 2.04 bits per heavy atom. The molecule has 1 saturated heterocycles. The van der Waals surface area contributed by atoms with Crippen molar-refractivity contribution in [3.8, 4) is 10.8 Å². The van der Waals surface area contributed by atoms with Crippen molar-refractivity contribution in [3.63, 3.8) is 0 Å². The lowest BCUT2D eigenvalue weighted by Gasteiger charge is -2.30. The third-order valence-electron chi connectivity index (χ3n) is 4.34. The summed E-state index contributed by atoms with van der Waals surface area (Å²) in [6.07, 6.45) is 1.29. The number of likely N-dealkylation sites (tertiary alicyclic amines) is 1. The number of carbonyl (C=O) groups is 2. The van der Waals surface area contributed by atoms with Crippen LogP contribution in [-0.4, -0.2) is 41.5 Å². The largest absolute Gasteiger partial charge is 0.466 e. The molecule has 1 amide bonds. The lowest BCUT2D eigenvalue weighted by Crippen LogP contribution is -2.40. The predicted octanol–water partition coefficient (Wildman–Crippen LogP) is 3.44. The van der Waals surface area contributed by atoms with Crippen molar-refractivity contribution in [3.05, 3.63) is 28.5 Å².